The molecule has 0 fully saturated rings. The van der Waals surface area contributed by atoms with Crippen LogP contribution in [0, 0.1) is 11.3 Å². The number of carbonyl (C=O) groups excluding carboxylic acids is 1. The van der Waals surface area contributed by atoms with Crippen molar-refractivity contribution in [2.75, 3.05) is 12.4 Å². The van der Waals surface area contributed by atoms with E-state index < -0.39 is 5.91 Å². The van der Waals surface area contributed by atoms with E-state index in [1.165, 1.54) is 6.08 Å². The third-order valence-electron chi connectivity index (χ3n) is 5.46. The maximum atomic E-state index is 12.7. The Bertz CT molecular complexity index is 1390. The summed E-state index contributed by atoms with van der Waals surface area (Å²) in [4.78, 5) is 12.7. The highest BCUT2D eigenvalue weighted by atomic mass is 16.5. The summed E-state index contributed by atoms with van der Waals surface area (Å²) in [6.45, 7) is 0.849. The number of nitrogens with zero attached hydrogens (tertiary/aromatic N) is 1. The zero-order valence-corrected chi connectivity index (χ0v) is 20.4. The van der Waals surface area contributed by atoms with Gasteiger partial charge in [0.05, 0.1) is 7.11 Å². The van der Waals surface area contributed by atoms with Crippen LogP contribution in [-0.4, -0.2) is 13.0 Å². The molecule has 0 aromatic heterocycles. The van der Waals surface area contributed by atoms with Gasteiger partial charge >= 0.3 is 0 Å². The van der Waals surface area contributed by atoms with Gasteiger partial charge in [0.15, 0.2) is 11.5 Å². The lowest BCUT2D eigenvalue weighted by Crippen LogP contribution is -2.13. The second-order valence-corrected chi connectivity index (χ2v) is 8.11. The van der Waals surface area contributed by atoms with Crippen molar-refractivity contribution in [1.82, 2.24) is 0 Å². The van der Waals surface area contributed by atoms with Crippen molar-refractivity contribution in [2.45, 2.75) is 13.2 Å². The summed E-state index contributed by atoms with van der Waals surface area (Å²) in [6, 6.07) is 33.9. The topological polar surface area (TPSA) is 80.6 Å². The molecule has 0 radical (unpaired) electrons. The van der Waals surface area contributed by atoms with Crippen molar-refractivity contribution in [3.8, 4) is 23.3 Å². The summed E-state index contributed by atoms with van der Waals surface area (Å²) in [6.07, 6.45) is 1.51. The van der Waals surface area contributed by atoms with Gasteiger partial charge in [-0.25, -0.2) is 0 Å². The molecule has 0 saturated carbocycles. The molecule has 0 spiro atoms. The summed E-state index contributed by atoms with van der Waals surface area (Å²) in [5.74, 6) is 1.25. The Hall–Kier alpha value is -5.02. The van der Waals surface area contributed by atoms with Crippen LogP contribution in [0.1, 0.15) is 16.7 Å². The molecule has 0 atom stereocenters. The normalized spacial score (nSPS) is 10.8. The molecule has 37 heavy (non-hydrogen) atoms. The van der Waals surface area contributed by atoms with Crippen molar-refractivity contribution in [2.24, 2.45) is 0 Å². The Balaban J connectivity index is 1.38. The van der Waals surface area contributed by atoms with E-state index in [9.17, 15) is 10.1 Å². The molecule has 4 aromatic rings. The zero-order chi connectivity index (χ0) is 25.9. The minimum absolute atomic E-state index is 0.0376. The fourth-order valence-electron chi connectivity index (χ4n) is 3.52. The Kier molecular flexibility index (Phi) is 8.55. The quantitative estimate of drug-likeness (QED) is 0.206. The lowest BCUT2D eigenvalue weighted by Gasteiger charge is -2.12. The van der Waals surface area contributed by atoms with Gasteiger partial charge < -0.3 is 19.5 Å². The maximum absolute atomic E-state index is 12.7. The molecule has 0 saturated heterocycles. The van der Waals surface area contributed by atoms with Crippen LogP contribution in [0.25, 0.3) is 6.08 Å². The van der Waals surface area contributed by atoms with Crippen molar-refractivity contribution in [1.29, 1.82) is 5.26 Å². The first kappa shape index (κ1) is 25.1. The van der Waals surface area contributed by atoms with Gasteiger partial charge in [-0.1, -0.05) is 66.7 Å². The van der Waals surface area contributed by atoms with Crippen LogP contribution in [0.2, 0.25) is 0 Å². The molecule has 0 aliphatic carbocycles. The average molecular weight is 491 g/mol. The van der Waals surface area contributed by atoms with Gasteiger partial charge in [0.2, 0.25) is 0 Å². The molecule has 0 unspecified atom stereocenters. The molecule has 184 valence electrons. The van der Waals surface area contributed by atoms with E-state index in [0.29, 0.717) is 41.7 Å². The first-order valence-corrected chi connectivity index (χ1v) is 11.7. The highest BCUT2D eigenvalue weighted by Crippen LogP contribution is 2.30. The molecule has 1 amide bonds. The highest BCUT2D eigenvalue weighted by Gasteiger charge is 2.12. The number of carbonyl (C=O) groups is 1. The molecule has 0 aliphatic heterocycles. The van der Waals surface area contributed by atoms with Crippen molar-refractivity contribution in [3.63, 3.8) is 0 Å². The predicted molar refractivity (Wildman–Crippen MR) is 143 cm³/mol. The SMILES string of the molecule is COc1cc(/C=C(\C#N)C(=O)Nc2ccc(OCc3ccccc3)cc2)ccc1OCc1ccccc1. The Morgan fingerprint density at radius 2 is 1.43 bits per heavy atom. The standard InChI is InChI=1S/C31H26N2O4/c1-35-30-19-25(12-17-29(30)37-22-24-10-6-3-7-11-24)18-26(20-32)31(34)33-27-13-15-28(16-14-27)36-21-23-8-4-2-5-9-23/h2-19H,21-22H2,1H3,(H,33,34)/b26-18+. The third-order valence-corrected chi connectivity index (χ3v) is 5.46. The Labute approximate surface area is 216 Å². The first-order chi connectivity index (χ1) is 18.1. The van der Waals surface area contributed by atoms with E-state index in [-0.39, 0.29) is 5.57 Å². The van der Waals surface area contributed by atoms with Crippen molar-refractivity contribution >= 4 is 17.7 Å². The van der Waals surface area contributed by atoms with Crippen LogP contribution >= 0.6 is 0 Å². The number of rotatable bonds is 10. The van der Waals surface area contributed by atoms with Gasteiger partial charge in [0.25, 0.3) is 5.91 Å². The van der Waals surface area contributed by atoms with Crippen LogP contribution in [0.15, 0.2) is 109 Å². The Morgan fingerprint density at radius 3 is 2.03 bits per heavy atom. The minimum atomic E-state index is -0.510. The predicted octanol–water partition coefficient (Wildman–Crippen LogP) is 6.40. The van der Waals surface area contributed by atoms with E-state index in [1.807, 2.05) is 66.7 Å². The number of anilines is 1. The van der Waals surface area contributed by atoms with Gasteiger partial charge in [-0.3, -0.25) is 4.79 Å². The molecular weight excluding hydrogens is 464 g/mol. The first-order valence-electron chi connectivity index (χ1n) is 11.7. The third kappa shape index (κ3) is 7.23. The number of nitriles is 1. The summed E-state index contributed by atoms with van der Waals surface area (Å²) >= 11 is 0. The number of methoxy groups -OCH3 is 1. The molecule has 0 heterocycles. The van der Waals surface area contributed by atoms with Crippen LogP contribution in [0.5, 0.6) is 17.2 Å². The van der Waals surface area contributed by atoms with E-state index in [2.05, 4.69) is 5.32 Å². The lowest BCUT2D eigenvalue weighted by molar-refractivity contribution is -0.112. The second-order valence-electron chi connectivity index (χ2n) is 8.11. The minimum Gasteiger partial charge on any atom is -0.493 e. The molecule has 4 rings (SSSR count). The van der Waals surface area contributed by atoms with Crippen LogP contribution in [-0.2, 0) is 18.0 Å². The summed E-state index contributed by atoms with van der Waals surface area (Å²) < 4.78 is 17.1. The van der Waals surface area contributed by atoms with Gasteiger partial charge in [-0.05, 0) is 59.2 Å². The van der Waals surface area contributed by atoms with E-state index in [0.717, 1.165) is 11.1 Å². The molecule has 1 N–H and O–H groups in total. The number of hydrogen-bond acceptors (Lipinski definition) is 5. The van der Waals surface area contributed by atoms with Crippen molar-refractivity contribution < 1.29 is 19.0 Å². The summed E-state index contributed by atoms with van der Waals surface area (Å²) in [7, 11) is 1.54. The number of nitrogens with one attached hydrogen (secondary N) is 1. The largest absolute Gasteiger partial charge is 0.493 e. The molecule has 0 bridgehead atoms. The van der Waals surface area contributed by atoms with Crippen LogP contribution in [0.3, 0.4) is 0 Å². The average Bonchev–Trinajstić information content (AvgIpc) is 2.95. The smallest absolute Gasteiger partial charge is 0.266 e. The van der Waals surface area contributed by atoms with Crippen LogP contribution in [0.4, 0.5) is 5.69 Å². The fourth-order valence-corrected chi connectivity index (χ4v) is 3.52. The number of hydrogen-bond donors (Lipinski definition) is 1. The summed E-state index contributed by atoms with van der Waals surface area (Å²) in [5.41, 5.74) is 3.26. The van der Waals surface area contributed by atoms with Gasteiger partial charge in [-0.2, -0.15) is 5.26 Å². The summed E-state index contributed by atoms with van der Waals surface area (Å²) in [5, 5.41) is 12.3. The molecule has 6 nitrogen and oxygen atoms in total. The van der Waals surface area contributed by atoms with Gasteiger partial charge in [-0.15, -0.1) is 0 Å². The molecular formula is C31H26N2O4. The van der Waals surface area contributed by atoms with E-state index >= 15 is 0 Å². The highest BCUT2D eigenvalue weighted by molar-refractivity contribution is 6.09. The fraction of sp³-hybridized carbons (Fsp3) is 0.0968. The Morgan fingerprint density at radius 1 is 0.811 bits per heavy atom. The molecule has 0 aliphatic rings. The van der Waals surface area contributed by atoms with E-state index in [1.54, 1.807) is 49.6 Å². The van der Waals surface area contributed by atoms with E-state index in [4.69, 9.17) is 14.2 Å². The zero-order valence-electron chi connectivity index (χ0n) is 20.4. The number of ether oxygens (including phenoxy) is 3. The van der Waals surface area contributed by atoms with Gasteiger partial charge in [0.1, 0.15) is 30.6 Å². The second kappa shape index (κ2) is 12.6. The van der Waals surface area contributed by atoms with Crippen LogP contribution < -0.4 is 19.5 Å². The number of amides is 1. The maximum Gasteiger partial charge on any atom is 0.266 e. The lowest BCUT2D eigenvalue weighted by atomic mass is 10.1. The monoisotopic (exact) mass is 490 g/mol. The molecule has 4 aromatic carbocycles. The van der Waals surface area contributed by atoms with Gasteiger partial charge in [0, 0.05) is 5.69 Å². The van der Waals surface area contributed by atoms with Crippen molar-refractivity contribution in [3.05, 3.63) is 125 Å². The molecule has 6 heteroatoms. The number of benzene rings is 4.